The van der Waals surface area contributed by atoms with Crippen LogP contribution >= 0.6 is 0 Å². The van der Waals surface area contributed by atoms with Gasteiger partial charge in [0.25, 0.3) is 0 Å². The fourth-order valence-corrected chi connectivity index (χ4v) is 1.25. The highest BCUT2D eigenvalue weighted by molar-refractivity contribution is 5.93. The van der Waals surface area contributed by atoms with Crippen LogP contribution in [-0.2, 0) is 9.53 Å². The zero-order chi connectivity index (χ0) is 9.52. The van der Waals surface area contributed by atoms with Crippen LogP contribution in [0.2, 0.25) is 0 Å². The molecular weight excluding hydrogens is 166 g/mol. The van der Waals surface area contributed by atoms with Crippen molar-refractivity contribution in [2.75, 3.05) is 19.7 Å². The average molecular weight is 183 g/mol. The fraction of sp³-hybridized carbons (Fsp3) is 0.700. The van der Waals surface area contributed by atoms with Crippen LogP contribution in [0.15, 0.2) is 11.8 Å². The summed E-state index contributed by atoms with van der Waals surface area (Å²) in [6.07, 6.45) is 4.45. The Kier molecular flexibility index (Phi) is 4.54. The second-order valence-corrected chi connectivity index (χ2v) is 3.09. The molecule has 0 spiro atoms. The van der Waals surface area contributed by atoms with Crippen molar-refractivity contribution in [3.05, 3.63) is 11.8 Å². The average Bonchev–Trinajstić information content (AvgIpc) is 2.19. The van der Waals surface area contributed by atoms with Crippen molar-refractivity contribution in [2.24, 2.45) is 0 Å². The summed E-state index contributed by atoms with van der Waals surface area (Å²) in [5, 5.41) is 3.11. The smallest absolute Gasteiger partial charge is 0.198 e. The van der Waals surface area contributed by atoms with Crippen molar-refractivity contribution in [2.45, 2.75) is 26.2 Å². The number of hydrogen-bond acceptors (Lipinski definition) is 3. The Morgan fingerprint density at radius 2 is 2.54 bits per heavy atom. The molecule has 0 aliphatic carbocycles. The van der Waals surface area contributed by atoms with E-state index < -0.39 is 0 Å². The molecule has 0 fully saturated rings. The van der Waals surface area contributed by atoms with E-state index in [2.05, 4.69) is 5.32 Å². The van der Waals surface area contributed by atoms with Gasteiger partial charge in [-0.15, -0.1) is 0 Å². The van der Waals surface area contributed by atoms with Gasteiger partial charge in [0.1, 0.15) is 0 Å². The number of allylic oxidation sites excluding steroid dienone is 2. The molecule has 0 saturated carbocycles. The van der Waals surface area contributed by atoms with Crippen molar-refractivity contribution in [1.29, 1.82) is 0 Å². The van der Waals surface area contributed by atoms with Crippen LogP contribution in [0, 0.1) is 0 Å². The first-order valence-electron chi connectivity index (χ1n) is 4.91. The Morgan fingerprint density at radius 3 is 3.15 bits per heavy atom. The van der Waals surface area contributed by atoms with Gasteiger partial charge in [0, 0.05) is 13.0 Å². The lowest BCUT2D eigenvalue weighted by Crippen LogP contribution is -2.20. The summed E-state index contributed by atoms with van der Waals surface area (Å²) in [5.74, 6) is 0.699. The van der Waals surface area contributed by atoms with Gasteiger partial charge in [0.2, 0.25) is 0 Å². The van der Waals surface area contributed by atoms with E-state index in [0.29, 0.717) is 18.8 Å². The van der Waals surface area contributed by atoms with Crippen LogP contribution in [0.25, 0.3) is 0 Å². The molecule has 1 aliphatic rings. The third kappa shape index (κ3) is 3.59. The number of ketones is 1. The van der Waals surface area contributed by atoms with Gasteiger partial charge in [-0.2, -0.15) is 0 Å². The Morgan fingerprint density at radius 1 is 1.69 bits per heavy atom. The molecule has 13 heavy (non-hydrogen) atoms. The first-order valence-corrected chi connectivity index (χ1v) is 4.91. The molecule has 1 N–H and O–H groups in total. The van der Waals surface area contributed by atoms with Crippen LogP contribution in [-0.4, -0.2) is 25.5 Å². The lowest BCUT2D eigenvalue weighted by molar-refractivity contribution is -0.119. The topological polar surface area (TPSA) is 38.3 Å². The number of ether oxygens (including phenoxy) is 1. The third-order valence-electron chi connectivity index (χ3n) is 1.99. The van der Waals surface area contributed by atoms with Gasteiger partial charge < -0.3 is 10.1 Å². The first-order chi connectivity index (χ1) is 6.34. The van der Waals surface area contributed by atoms with E-state index in [4.69, 9.17) is 4.74 Å². The molecular formula is C10H17NO2. The van der Waals surface area contributed by atoms with Gasteiger partial charge in [0.15, 0.2) is 11.5 Å². The summed E-state index contributed by atoms with van der Waals surface area (Å²) in [5.41, 5.74) is 0. The summed E-state index contributed by atoms with van der Waals surface area (Å²) in [4.78, 5) is 11.4. The molecule has 1 rings (SSSR count). The second kappa shape index (κ2) is 5.75. The zero-order valence-corrected chi connectivity index (χ0v) is 8.14. The van der Waals surface area contributed by atoms with Gasteiger partial charge in [-0.3, -0.25) is 4.79 Å². The molecule has 0 saturated heterocycles. The summed E-state index contributed by atoms with van der Waals surface area (Å²) < 4.78 is 5.25. The second-order valence-electron chi connectivity index (χ2n) is 3.09. The highest BCUT2D eigenvalue weighted by atomic mass is 16.5. The summed E-state index contributed by atoms with van der Waals surface area (Å²) in [6.45, 7) is 4.38. The van der Waals surface area contributed by atoms with Gasteiger partial charge in [0.05, 0.1) is 6.61 Å². The molecule has 0 radical (unpaired) electrons. The predicted molar refractivity (Wildman–Crippen MR) is 51.4 cm³/mol. The molecule has 0 atom stereocenters. The van der Waals surface area contributed by atoms with Crippen molar-refractivity contribution >= 4 is 5.78 Å². The number of rotatable bonds is 5. The lowest BCUT2D eigenvalue weighted by atomic mass is 10.1. The minimum absolute atomic E-state index is 0.126. The van der Waals surface area contributed by atoms with Crippen molar-refractivity contribution in [3.63, 3.8) is 0 Å². The SMILES string of the molecule is CCNCCC(=O)C1=CCCCO1. The van der Waals surface area contributed by atoms with E-state index in [9.17, 15) is 4.79 Å². The minimum Gasteiger partial charge on any atom is -0.490 e. The fourth-order valence-electron chi connectivity index (χ4n) is 1.25. The van der Waals surface area contributed by atoms with E-state index in [1.165, 1.54) is 0 Å². The molecule has 3 heteroatoms. The molecule has 1 aliphatic heterocycles. The maximum absolute atomic E-state index is 11.4. The monoisotopic (exact) mass is 183 g/mol. The van der Waals surface area contributed by atoms with E-state index in [1.54, 1.807) is 0 Å². The summed E-state index contributed by atoms with van der Waals surface area (Å²) in [7, 11) is 0. The van der Waals surface area contributed by atoms with E-state index in [1.807, 2.05) is 13.0 Å². The third-order valence-corrected chi connectivity index (χ3v) is 1.99. The lowest BCUT2D eigenvalue weighted by Gasteiger charge is -2.13. The van der Waals surface area contributed by atoms with Crippen LogP contribution in [0.4, 0.5) is 0 Å². The van der Waals surface area contributed by atoms with Crippen molar-refractivity contribution in [3.8, 4) is 0 Å². The van der Waals surface area contributed by atoms with Gasteiger partial charge in [-0.1, -0.05) is 6.92 Å². The van der Waals surface area contributed by atoms with Gasteiger partial charge in [-0.25, -0.2) is 0 Å². The standard InChI is InChI=1S/C10H17NO2/c1-2-11-7-6-9(12)10-5-3-4-8-13-10/h5,11H,2-4,6-8H2,1H3. The normalized spacial score (nSPS) is 16.2. The Bertz CT molecular complexity index is 199. The zero-order valence-electron chi connectivity index (χ0n) is 8.14. The molecule has 0 aromatic heterocycles. The molecule has 0 amide bonds. The van der Waals surface area contributed by atoms with Crippen LogP contribution in [0.5, 0.6) is 0 Å². The van der Waals surface area contributed by atoms with Crippen LogP contribution in [0.1, 0.15) is 26.2 Å². The summed E-state index contributed by atoms with van der Waals surface area (Å²) >= 11 is 0. The number of Topliss-reactive ketones (excluding diaryl/α,β-unsaturated/α-hetero) is 1. The molecule has 3 nitrogen and oxygen atoms in total. The highest BCUT2D eigenvalue weighted by Gasteiger charge is 2.12. The number of hydrogen-bond donors (Lipinski definition) is 1. The van der Waals surface area contributed by atoms with Crippen LogP contribution < -0.4 is 5.32 Å². The minimum atomic E-state index is 0.126. The van der Waals surface area contributed by atoms with E-state index >= 15 is 0 Å². The number of carbonyl (C=O) groups excluding carboxylic acids is 1. The van der Waals surface area contributed by atoms with E-state index in [0.717, 1.165) is 25.9 Å². The highest BCUT2D eigenvalue weighted by Crippen LogP contribution is 2.11. The van der Waals surface area contributed by atoms with Gasteiger partial charge >= 0.3 is 0 Å². The van der Waals surface area contributed by atoms with E-state index in [-0.39, 0.29) is 5.78 Å². The van der Waals surface area contributed by atoms with Crippen molar-refractivity contribution in [1.82, 2.24) is 5.32 Å². The molecule has 0 aromatic carbocycles. The first kappa shape index (κ1) is 10.3. The maximum Gasteiger partial charge on any atom is 0.198 e. The predicted octanol–water partition coefficient (Wildman–Crippen LogP) is 1.25. The number of carbonyl (C=O) groups is 1. The molecule has 0 unspecified atom stereocenters. The number of nitrogens with one attached hydrogen (secondary N) is 1. The Balaban J connectivity index is 2.25. The maximum atomic E-state index is 11.4. The van der Waals surface area contributed by atoms with Crippen LogP contribution in [0.3, 0.4) is 0 Å². The molecule has 1 heterocycles. The quantitative estimate of drug-likeness (QED) is 0.652. The summed E-state index contributed by atoms with van der Waals surface area (Å²) in [6, 6.07) is 0. The molecule has 0 bridgehead atoms. The van der Waals surface area contributed by atoms with Crippen molar-refractivity contribution < 1.29 is 9.53 Å². The molecule has 0 aromatic rings. The Hall–Kier alpha value is -0.830. The Labute approximate surface area is 79.2 Å². The van der Waals surface area contributed by atoms with Gasteiger partial charge in [-0.05, 0) is 25.5 Å². The molecule has 74 valence electrons. The largest absolute Gasteiger partial charge is 0.490 e.